The Hall–Kier alpha value is -3.55. The fourth-order valence-corrected chi connectivity index (χ4v) is 4.35. The van der Waals surface area contributed by atoms with Crippen LogP contribution < -0.4 is 10.2 Å². The standard InChI is InChI=1S/C23H24N6O2/c30-22-29(20-7-4-13-26-28-20)16-23(31-22)11-8-17(9-12-23)15-25-21-24-14-10-19(27-21)18-5-2-1-3-6-18/h1-7,10,13-14,17H,8-9,11-12,15-16H2,(H,24,25,27)/t17-,23-. The number of rotatable bonds is 5. The molecule has 2 fully saturated rings. The molecule has 158 valence electrons. The molecule has 3 heterocycles. The highest BCUT2D eigenvalue weighted by Crippen LogP contribution is 2.40. The number of hydrogen-bond acceptors (Lipinski definition) is 7. The second-order valence-electron chi connectivity index (χ2n) is 8.17. The Morgan fingerprint density at radius 2 is 1.90 bits per heavy atom. The summed E-state index contributed by atoms with van der Waals surface area (Å²) in [6.07, 6.45) is 6.69. The number of hydrogen-bond donors (Lipinski definition) is 1. The molecule has 31 heavy (non-hydrogen) atoms. The molecule has 1 saturated heterocycles. The van der Waals surface area contributed by atoms with Gasteiger partial charge in [0.25, 0.3) is 0 Å². The molecule has 0 bridgehead atoms. The predicted molar refractivity (Wildman–Crippen MR) is 117 cm³/mol. The van der Waals surface area contributed by atoms with E-state index in [0.29, 0.717) is 24.2 Å². The lowest BCUT2D eigenvalue weighted by Gasteiger charge is -2.35. The SMILES string of the molecule is O=C1O[C@]2(CC[C@H](CNc3nccc(-c4ccccc4)n3)CC2)CN1c1cccnn1. The van der Waals surface area contributed by atoms with Gasteiger partial charge in [-0.05, 0) is 49.8 Å². The van der Waals surface area contributed by atoms with E-state index in [2.05, 4.69) is 25.5 Å². The first-order valence-electron chi connectivity index (χ1n) is 10.6. The quantitative estimate of drug-likeness (QED) is 0.673. The molecule has 8 heteroatoms. The summed E-state index contributed by atoms with van der Waals surface area (Å²) in [6.45, 7) is 1.34. The van der Waals surface area contributed by atoms with Gasteiger partial charge >= 0.3 is 6.09 Å². The molecule has 2 aromatic heterocycles. The van der Waals surface area contributed by atoms with Crippen LogP contribution >= 0.6 is 0 Å². The Kier molecular flexibility index (Phi) is 5.19. The van der Waals surface area contributed by atoms with Gasteiger partial charge in [-0.1, -0.05) is 30.3 Å². The van der Waals surface area contributed by atoms with E-state index in [1.54, 1.807) is 29.4 Å². The third kappa shape index (κ3) is 4.19. The first-order chi connectivity index (χ1) is 15.2. The molecule has 8 nitrogen and oxygen atoms in total. The number of amides is 1. The highest BCUT2D eigenvalue weighted by atomic mass is 16.6. The van der Waals surface area contributed by atoms with Gasteiger partial charge in [0.2, 0.25) is 5.95 Å². The largest absolute Gasteiger partial charge is 0.441 e. The summed E-state index contributed by atoms with van der Waals surface area (Å²) in [7, 11) is 0. The van der Waals surface area contributed by atoms with Crippen molar-refractivity contribution in [3.05, 3.63) is 60.9 Å². The van der Waals surface area contributed by atoms with E-state index in [-0.39, 0.29) is 6.09 Å². The second kappa shape index (κ2) is 8.29. The van der Waals surface area contributed by atoms with Crippen LogP contribution in [-0.4, -0.2) is 44.9 Å². The van der Waals surface area contributed by atoms with E-state index >= 15 is 0 Å². The summed E-state index contributed by atoms with van der Waals surface area (Å²) >= 11 is 0. The van der Waals surface area contributed by atoms with Gasteiger partial charge in [0.1, 0.15) is 5.60 Å². The number of benzene rings is 1. The fraction of sp³-hybridized carbons (Fsp3) is 0.348. The van der Waals surface area contributed by atoms with E-state index in [1.807, 2.05) is 36.4 Å². The number of ether oxygens (including phenoxy) is 1. The molecule has 1 saturated carbocycles. The van der Waals surface area contributed by atoms with Gasteiger partial charge in [-0.2, -0.15) is 5.10 Å². The van der Waals surface area contributed by atoms with Crippen molar-refractivity contribution >= 4 is 17.9 Å². The van der Waals surface area contributed by atoms with Crippen LogP contribution in [0.3, 0.4) is 0 Å². The van der Waals surface area contributed by atoms with Crippen LogP contribution in [0.2, 0.25) is 0 Å². The van der Waals surface area contributed by atoms with E-state index in [0.717, 1.165) is 43.5 Å². The molecule has 3 aromatic rings. The van der Waals surface area contributed by atoms with E-state index < -0.39 is 5.60 Å². The molecule has 1 spiro atoms. The van der Waals surface area contributed by atoms with Crippen molar-refractivity contribution in [1.82, 2.24) is 20.2 Å². The van der Waals surface area contributed by atoms with Gasteiger partial charge in [-0.3, -0.25) is 4.90 Å². The number of anilines is 2. The van der Waals surface area contributed by atoms with Crippen molar-refractivity contribution in [1.29, 1.82) is 0 Å². The van der Waals surface area contributed by atoms with E-state index in [9.17, 15) is 4.79 Å². The Morgan fingerprint density at radius 3 is 2.68 bits per heavy atom. The van der Waals surface area contributed by atoms with Gasteiger partial charge in [-0.15, -0.1) is 5.10 Å². The maximum absolute atomic E-state index is 12.4. The Morgan fingerprint density at radius 1 is 1.06 bits per heavy atom. The summed E-state index contributed by atoms with van der Waals surface area (Å²) in [5.41, 5.74) is 1.56. The molecule has 1 N–H and O–H groups in total. The minimum absolute atomic E-state index is 0.330. The van der Waals surface area contributed by atoms with Crippen LogP contribution in [0, 0.1) is 5.92 Å². The summed E-state index contributed by atoms with van der Waals surface area (Å²) in [4.78, 5) is 23.0. The summed E-state index contributed by atoms with van der Waals surface area (Å²) in [5, 5.41) is 11.3. The van der Waals surface area contributed by atoms with Crippen molar-refractivity contribution in [2.24, 2.45) is 5.92 Å². The number of carbonyl (C=O) groups is 1. The lowest BCUT2D eigenvalue weighted by Crippen LogP contribution is -2.39. The zero-order valence-corrected chi connectivity index (χ0v) is 17.1. The molecule has 1 aliphatic heterocycles. The van der Waals surface area contributed by atoms with Crippen LogP contribution in [0.1, 0.15) is 25.7 Å². The summed E-state index contributed by atoms with van der Waals surface area (Å²) in [6, 6.07) is 15.6. The molecular weight excluding hydrogens is 392 g/mol. The topological polar surface area (TPSA) is 93.1 Å². The first kappa shape index (κ1) is 19.4. The minimum Gasteiger partial charge on any atom is -0.441 e. The molecule has 5 rings (SSSR count). The smallest absolute Gasteiger partial charge is 0.416 e. The van der Waals surface area contributed by atoms with Crippen molar-refractivity contribution in [3.63, 3.8) is 0 Å². The molecule has 2 aliphatic rings. The molecule has 1 amide bonds. The zero-order valence-electron chi connectivity index (χ0n) is 17.1. The van der Waals surface area contributed by atoms with E-state index in [4.69, 9.17) is 4.74 Å². The van der Waals surface area contributed by atoms with Crippen LogP contribution in [0.15, 0.2) is 60.9 Å². The Bertz CT molecular complexity index is 1040. The second-order valence-corrected chi connectivity index (χ2v) is 8.17. The van der Waals surface area contributed by atoms with Crippen LogP contribution in [0.25, 0.3) is 11.3 Å². The average molecular weight is 416 g/mol. The lowest BCUT2D eigenvalue weighted by molar-refractivity contribution is 0.0148. The average Bonchev–Trinajstić information content (AvgIpc) is 3.16. The molecular formula is C23H24N6O2. The summed E-state index contributed by atoms with van der Waals surface area (Å²) < 4.78 is 5.81. The highest BCUT2D eigenvalue weighted by molar-refractivity contribution is 5.89. The summed E-state index contributed by atoms with van der Waals surface area (Å²) in [5.74, 6) is 1.67. The Balaban J connectivity index is 1.16. The molecule has 0 radical (unpaired) electrons. The minimum atomic E-state index is -0.422. The van der Waals surface area contributed by atoms with Crippen molar-refractivity contribution in [2.75, 3.05) is 23.3 Å². The predicted octanol–water partition coefficient (Wildman–Crippen LogP) is 3.93. The molecule has 1 aliphatic carbocycles. The van der Waals surface area contributed by atoms with Gasteiger partial charge in [0.05, 0.1) is 12.2 Å². The van der Waals surface area contributed by atoms with Gasteiger partial charge in [0.15, 0.2) is 5.82 Å². The third-order valence-corrected chi connectivity index (χ3v) is 6.10. The molecule has 0 unspecified atom stereocenters. The van der Waals surface area contributed by atoms with Crippen LogP contribution in [-0.2, 0) is 4.74 Å². The van der Waals surface area contributed by atoms with Crippen molar-refractivity contribution in [3.8, 4) is 11.3 Å². The van der Waals surface area contributed by atoms with Crippen LogP contribution in [0.5, 0.6) is 0 Å². The number of nitrogens with one attached hydrogen (secondary N) is 1. The van der Waals surface area contributed by atoms with Gasteiger partial charge in [-0.25, -0.2) is 14.8 Å². The van der Waals surface area contributed by atoms with Gasteiger partial charge < -0.3 is 10.1 Å². The molecule has 1 aromatic carbocycles. The maximum Gasteiger partial charge on any atom is 0.416 e. The number of nitrogens with zero attached hydrogens (tertiary/aromatic N) is 5. The molecule has 0 atom stereocenters. The normalized spacial score (nSPS) is 23.0. The lowest BCUT2D eigenvalue weighted by atomic mass is 9.78. The first-order valence-corrected chi connectivity index (χ1v) is 10.6. The third-order valence-electron chi connectivity index (χ3n) is 6.10. The van der Waals surface area contributed by atoms with Crippen molar-refractivity contribution in [2.45, 2.75) is 31.3 Å². The van der Waals surface area contributed by atoms with Crippen LogP contribution in [0.4, 0.5) is 16.6 Å². The van der Waals surface area contributed by atoms with Gasteiger partial charge in [0, 0.05) is 24.5 Å². The fourth-order valence-electron chi connectivity index (χ4n) is 4.35. The van der Waals surface area contributed by atoms with E-state index in [1.165, 1.54) is 0 Å². The zero-order chi connectivity index (χ0) is 21.1. The number of carbonyl (C=O) groups excluding carboxylic acids is 1. The maximum atomic E-state index is 12.4. The van der Waals surface area contributed by atoms with Crippen molar-refractivity contribution < 1.29 is 9.53 Å². The number of aromatic nitrogens is 4. The highest BCUT2D eigenvalue weighted by Gasteiger charge is 2.48. The Labute approximate surface area is 180 Å². The monoisotopic (exact) mass is 416 g/mol.